The van der Waals surface area contributed by atoms with Crippen LogP contribution >= 0.6 is 0 Å². The lowest BCUT2D eigenvalue weighted by Gasteiger charge is -2.21. The van der Waals surface area contributed by atoms with Gasteiger partial charge in [0.1, 0.15) is 12.7 Å². The molecular formula is C26H32N2O6. The molecular weight excluding hydrogens is 436 g/mol. The Morgan fingerprint density at radius 2 is 1.62 bits per heavy atom. The van der Waals surface area contributed by atoms with Gasteiger partial charge in [-0.1, -0.05) is 55.5 Å². The molecule has 2 unspecified atom stereocenters. The number of ether oxygens (including phenoxy) is 2. The minimum Gasteiger partial charge on any atom is -0.481 e. The van der Waals surface area contributed by atoms with E-state index >= 15 is 0 Å². The van der Waals surface area contributed by atoms with Crippen molar-refractivity contribution in [2.45, 2.75) is 50.7 Å². The lowest BCUT2D eigenvalue weighted by molar-refractivity contribution is -0.138. The summed E-state index contributed by atoms with van der Waals surface area (Å²) in [7, 11) is 1.43. The van der Waals surface area contributed by atoms with Crippen molar-refractivity contribution < 1.29 is 29.0 Å². The zero-order valence-electron chi connectivity index (χ0n) is 19.6. The maximum atomic E-state index is 12.5. The number of benzene rings is 2. The van der Waals surface area contributed by atoms with Crippen molar-refractivity contribution >= 4 is 18.0 Å². The fourth-order valence-electron chi connectivity index (χ4n) is 4.28. The van der Waals surface area contributed by atoms with Crippen molar-refractivity contribution in [1.82, 2.24) is 10.6 Å². The molecule has 34 heavy (non-hydrogen) atoms. The van der Waals surface area contributed by atoms with E-state index in [1.54, 1.807) is 0 Å². The SMILES string of the molecule is CCC(CCC(=O)O)NC(=O)C(CCNC(=O)OCC1c2ccccc2-c2ccccc21)OC. The maximum absolute atomic E-state index is 12.5. The molecule has 0 bridgehead atoms. The Morgan fingerprint density at radius 3 is 2.18 bits per heavy atom. The molecule has 1 aliphatic rings. The predicted octanol–water partition coefficient (Wildman–Crippen LogP) is 3.69. The van der Waals surface area contributed by atoms with Gasteiger partial charge in [-0.25, -0.2) is 4.79 Å². The second-order valence-corrected chi connectivity index (χ2v) is 8.31. The number of hydrogen-bond donors (Lipinski definition) is 3. The van der Waals surface area contributed by atoms with Crippen molar-refractivity contribution in [2.75, 3.05) is 20.3 Å². The van der Waals surface area contributed by atoms with E-state index in [1.165, 1.54) is 7.11 Å². The summed E-state index contributed by atoms with van der Waals surface area (Å²) in [6.45, 7) is 2.30. The average molecular weight is 469 g/mol. The highest BCUT2D eigenvalue weighted by Gasteiger charge is 2.29. The quantitative estimate of drug-likeness (QED) is 0.438. The van der Waals surface area contributed by atoms with Crippen LogP contribution in [0.3, 0.4) is 0 Å². The van der Waals surface area contributed by atoms with Crippen LogP contribution in [0.5, 0.6) is 0 Å². The maximum Gasteiger partial charge on any atom is 0.407 e. The molecule has 0 radical (unpaired) electrons. The molecule has 0 fully saturated rings. The van der Waals surface area contributed by atoms with E-state index in [-0.39, 0.29) is 43.9 Å². The third-order valence-corrected chi connectivity index (χ3v) is 6.14. The van der Waals surface area contributed by atoms with Crippen molar-refractivity contribution in [1.29, 1.82) is 0 Å². The van der Waals surface area contributed by atoms with Gasteiger partial charge < -0.3 is 25.2 Å². The third-order valence-electron chi connectivity index (χ3n) is 6.14. The number of carbonyl (C=O) groups excluding carboxylic acids is 2. The first-order chi connectivity index (χ1) is 16.4. The lowest BCUT2D eigenvalue weighted by Crippen LogP contribution is -2.43. The number of carboxylic acid groups (broad SMARTS) is 1. The summed E-state index contributed by atoms with van der Waals surface area (Å²) >= 11 is 0. The molecule has 0 spiro atoms. The molecule has 182 valence electrons. The van der Waals surface area contributed by atoms with Gasteiger partial charge in [-0.05, 0) is 35.1 Å². The van der Waals surface area contributed by atoms with Crippen LogP contribution in [0.25, 0.3) is 11.1 Å². The van der Waals surface area contributed by atoms with Gasteiger partial charge in [0.05, 0.1) is 0 Å². The monoisotopic (exact) mass is 468 g/mol. The van der Waals surface area contributed by atoms with Crippen LogP contribution in [-0.4, -0.2) is 55.5 Å². The van der Waals surface area contributed by atoms with Gasteiger partial charge in [-0.15, -0.1) is 0 Å². The minimum atomic E-state index is -0.900. The number of aliphatic carboxylic acids is 1. The minimum absolute atomic E-state index is 0.0141. The van der Waals surface area contributed by atoms with E-state index < -0.39 is 18.2 Å². The van der Waals surface area contributed by atoms with E-state index in [4.69, 9.17) is 14.6 Å². The van der Waals surface area contributed by atoms with Crippen LogP contribution in [0.1, 0.15) is 49.7 Å². The summed E-state index contributed by atoms with van der Waals surface area (Å²) in [4.78, 5) is 35.5. The molecule has 2 aromatic carbocycles. The lowest BCUT2D eigenvalue weighted by atomic mass is 9.98. The third kappa shape index (κ3) is 6.35. The highest BCUT2D eigenvalue weighted by molar-refractivity contribution is 5.81. The topological polar surface area (TPSA) is 114 Å². The highest BCUT2D eigenvalue weighted by Crippen LogP contribution is 2.44. The van der Waals surface area contributed by atoms with Crippen molar-refractivity contribution in [3.05, 3.63) is 59.7 Å². The Kier molecular flexibility index (Phi) is 9.04. The van der Waals surface area contributed by atoms with E-state index in [0.717, 1.165) is 22.3 Å². The van der Waals surface area contributed by atoms with Crippen LogP contribution in [0.2, 0.25) is 0 Å². The van der Waals surface area contributed by atoms with Gasteiger partial charge in [0, 0.05) is 38.5 Å². The Hall–Kier alpha value is -3.39. The number of methoxy groups -OCH3 is 1. The standard InChI is InChI=1S/C26H32N2O6/c1-3-17(12-13-24(29)30)28-25(31)23(33-2)14-15-27-26(32)34-16-22-20-10-6-4-8-18(20)19-9-5-7-11-21(19)22/h4-11,17,22-23H,3,12-16H2,1-2H3,(H,27,32)(H,28,31)(H,29,30). The molecule has 0 heterocycles. The first kappa shape index (κ1) is 25.2. The predicted molar refractivity (Wildman–Crippen MR) is 128 cm³/mol. The van der Waals surface area contributed by atoms with Gasteiger partial charge in [-0.2, -0.15) is 0 Å². The normalized spacial score (nSPS) is 13.9. The van der Waals surface area contributed by atoms with Crippen LogP contribution in [0, 0.1) is 0 Å². The summed E-state index contributed by atoms with van der Waals surface area (Å²) in [5.41, 5.74) is 4.60. The van der Waals surface area contributed by atoms with Crippen molar-refractivity contribution in [3.63, 3.8) is 0 Å². The molecule has 0 aliphatic heterocycles. The number of fused-ring (bicyclic) bond motifs is 3. The van der Waals surface area contributed by atoms with E-state index in [2.05, 4.69) is 34.9 Å². The summed E-state index contributed by atoms with van der Waals surface area (Å²) in [5.74, 6) is -1.25. The summed E-state index contributed by atoms with van der Waals surface area (Å²) in [5, 5.41) is 14.3. The Balaban J connectivity index is 1.46. The Labute approximate surface area is 199 Å². The van der Waals surface area contributed by atoms with Gasteiger partial charge in [-0.3, -0.25) is 9.59 Å². The number of hydrogen-bond acceptors (Lipinski definition) is 5. The number of rotatable bonds is 12. The smallest absolute Gasteiger partial charge is 0.407 e. The van der Waals surface area contributed by atoms with Crippen molar-refractivity contribution in [2.24, 2.45) is 0 Å². The molecule has 8 nitrogen and oxygen atoms in total. The molecule has 3 rings (SSSR count). The highest BCUT2D eigenvalue weighted by atomic mass is 16.5. The molecule has 0 aromatic heterocycles. The van der Waals surface area contributed by atoms with E-state index in [1.807, 2.05) is 31.2 Å². The Morgan fingerprint density at radius 1 is 1.00 bits per heavy atom. The average Bonchev–Trinajstić information content (AvgIpc) is 3.16. The number of nitrogens with one attached hydrogen (secondary N) is 2. The van der Waals surface area contributed by atoms with Crippen LogP contribution < -0.4 is 10.6 Å². The summed E-state index contributed by atoms with van der Waals surface area (Å²) < 4.78 is 10.8. The molecule has 2 aromatic rings. The molecule has 1 aliphatic carbocycles. The second-order valence-electron chi connectivity index (χ2n) is 8.31. The molecule has 0 saturated heterocycles. The zero-order chi connectivity index (χ0) is 24.5. The van der Waals surface area contributed by atoms with E-state index in [9.17, 15) is 14.4 Å². The Bertz CT molecular complexity index is 963. The van der Waals surface area contributed by atoms with Crippen LogP contribution in [-0.2, 0) is 19.1 Å². The first-order valence-corrected chi connectivity index (χ1v) is 11.6. The number of alkyl carbamates (subject to hydrolysis) is 1. The largest absolute Gasteiger partial charge is 0.481 e. The molecule has 2 amide bonds. The molecule has 3 N–H and O–H groups in total. The fraction of sp³-hybridized carbons (Fsp3) is 0.423. The van der Waals surface area contributed by atoms with Gasteiger partial charge >= 0.3 is 12.1 Å². The van der Waals surface area contributed by atoms with Gasteiger partial charge in [0.15, 0.2) is 0 Å². The zero-order valence-corrected chi connectivity index (χ0v) is 19.6. The fourth-order valence-corrected chi connectivity index (χ4v) is 4.28. The number of carbonyl (C=O) groups is 3. The van der Waals surface area contributed by atoms with Crippen molar-refractivity contribution in [3.8, 4) is 11.1 Å². The second kappa shape index (κ2) is 12.2. The van der Waals surface area contributed by atoms with Gasteiger partial charge in [0.2, 0.25) is 5.91 Å². The summed E-state index contributed by atoms with van der Waals surface area (Å²) in [6, 6.07) is 16.0. The van der Waals surface area contributed by atoms with Crippen LogP contribution in [0.4, 0.5) is 4.79 Å². The van der Waals surface area contributed by atoms with E-state index in [0.29, 0.717) is 12.8 Å². The number of carboxylic acids is 1. The van der Waals surface area contributed by atoms with Gasteiger partial charge in [0.25, 0.3) is 0 Å². The molecule has 2 atom stereocenters. The molecule has 0 saturated carbocycles. The number of amides is 2. The molecule has 8 heteroatoms. The first-order valence-electron chi connectivity index (χ1n) is 11.6. The summed E-state index contributed by atoms with van der Waals surface area (Å²) in [6.07, 6.45) is -0.0843. The van der Waals surface area contributed by atoms with Crippen LogP contribution in [0.15, 0.2) is 48.5 Å².